The molecule has 0 bridgehead atoms. The second kappa shape index (κ2) is 11.9. The lowest BCUT2D eigenvalue weighted by atomic mass is 9.86. The van der Waals surface area contributed by atoms with E-state index in [1.807, 2.05) is 6.07 Å². The Morgan fingerprint density at radius 3 is 2.59 bits per heavy atom. The summed E-state index contributed by atoms with van der Waals surface area (Å²) >= 11 is 0. The average Bonchev–Trinajstić information content (AvgIpc) is 2.66. The SMILES string of the molecule is CN=C(NCCS(=O)(=O)NCC1CCC1)NC1CCCN(c2ccccc2)C1.I. The standard InChI is InChI=1S/C20H33N5O2S.HI/c1-21-20(22-12-14-28(26,27)23-15-17-7-5-8-17)24-18-9-6-13-25(16-18)19-10-3-2-4-11-19;/h2-4,10-11,17-18,23H,5-9,12-16H2,1H3,(H2,21,22,24);1H. The lowest BCUT2D eigenvalue weighted by Crippen LogP contribution is -2.52. The van der Waals surface area contributed by atoms with Crippen LogP contribution in [-0.4, -0.2) is 59.4 Å². The molecule has 29 heavy (non-hydrogen) atoms. The minimum Gasteiger partial charge on any atom is -0.369 e. The van der Waals surface area contributed by atoms with E-state index in [9.17, 15) is 8.42 Å². The third-order valence-electron chi connectivity index (χ3n) is 5.59. The maximum atomic E-state index is 12.1. The van der Waals surface area contributed by atoms with Gasteiger partial charge in [-0.3, -0.25) is 4.99 Å². The van der Waals surface area contributed by atoms with Crippen LogP contribution in [0.4, 0.5) is 5.69 Å². The van der Waals surface area contributed by atoms with Crippen LogP contribution in [0.1, 0.15) is 32.1 Å². The van der Waals surface area contributed by atoms with Crippen LogP contribution in [0.5, 0.6) is 0 Å². The number of anilines is 1. The van der Waals surface area contributed by atoms with Gasteiger partial charge in [-0.15, -0.1) is 24.0 Å². The molecule has 1 heterocycles. The normalized spacial score (nSPS) is 20.5. The Hall–Kier alpha value is -1.07. The topological polar surface area (TPSA) is 85.8 Å². The molecule has 2 fully saturated rings. The van der Waals surface area contributed by atoms with Crippen molar-refractivity contribution < 1.29 is 8.42 Å². The van der Waals surface area contributed by atoms with E-state index in [1.165, 1.54) is 12.1 Å². The van der Waals surface area contributed by atoms with Crippen LogP contribution >= 0.6 is 24.0 Å². The summed E-state index contributed by atoms with van der Waals surface area (Å²) in [5.74, 6) is 1.24. The van der Waals surface area contributed by atoms with Crippen LogP contribution in [0.2, 0.25) is 0 Å². The van der Waals surface area contributed by atoms with E-state index in [4.69, 9.17) is 0 Å². The smallest absolute Gasteiger partial charge is 0.213 e. The highest BCUT2D eigenvalue weighted by Crippen LogP contribution is 2.25. The molecule has 3 N–H and O–H groups in total. The van der Waals surface area contributed by atoms with Crippen LogP contribution in [0.3, 0.4) is 0 Å². The molecule has 1 saturated carbocycles. The second-order valence-electron chi connectivity index (χ2n) is 7.73. The number of hydrogen-bond acceptors (Lipinski definition) is 4. The fourth-order valence-corrected chi connectivity index (χ4v) is 4.68. The Morgan fingerprint density at radius 2 is 1.93 bits per heavy atom. The summed E-state index contributed by atoms with van der Waals surface area (Å²) in [5.41, 5.74) is 1.24. The number of benzene rings is 1. The molecular weight excluding hydrogens is 501 g/mol. The van der Waals surface area contributed by atoms with Gasteiger partial charge < -0.3 is 15.5 Å². The first kappa shape index (κ1) is 24.2. The number of guanidine groups is 1. The van der Waals surface area contributed by atoms with Gasteiger partial charge in [0.15, 0.2) is 5.96 Å². The number of nitrogens with zero attached hydrogens (tertiary/aromatic N) is 2. The molecule has 1 aromatic rings. The Labute approximate surface area is 192 Å². The maximum Gasteiger partial charge on any atom is 0.213 e. The number of para-hydroxylation sites is 1. The number of nitrogens with one attached hydrogen (secondary N) is 3. The largest absolute Gasteiger partial charge is 0.369 e. The van der Waals surface area contributed by atoms with E-state index in [1.54, 1.807) is 7.05 Å². The van der Waals surface area contributed by atoms with Gasteiger partial charge in [0.2, 0.25) is 10.0 Å². The number of hydrogen-bond donors (Lipinski definition) is 3. The Morgan fingerprint density at radius 1 is 1.17 bits per heavy atom. The molecule has 0 amide bonds. The van der Waals surface area contributed by atoms with Crippen LogP contribution in [0.15, 0.2) is 35.3 Å². The minimum absolute atomic E-state index is 0. The van der Waals surface area contributed by atoms with Gasteiger partial charge in [-0.25, -0.2) is 13.1 Å². The average molecular weight is 535 g/mol. The van der Waals surface area contributed by atoms with Crippen molar-refractivity contribution in [1.29, 1.82) is 0 Å². The first-order valence-electron chi connectivity index (χ1n) is 10.3. The van der Waals surface area contributed by atoms with Crippen molar-refractivity contribution in [2.45, 2.75) is 38.1 Å². The number of piperidine rings is 1. The van der Waals surface area contributed by atoms with Crippen molar-refractivity contribution >= 4 is 45.6 Å². The van der Waals surface area contributed by atoms with Crippen LogP contribution in [0, 0.1) is 5.92 Å². The van der Waals surface area contributed by atoms with Gasteiger partial charge in [-0.2, -0.15) is 0 Å². The Kier molecular flexibility index (Phi) is 9.97. The van der Waals surface area contributed by atoms with Gasteiger partial charge in [0.25, 0.3) is 0 Å². The van der Waals surface area contributed by atoms with Gasteiger partial charge in [-0.1, -0.05) is 24.6 Å². The Balaban J connectivity index is 0.00000300. The number of sulfonamides is 1. The molecule has 0 spiro atoms. The fraction of sp³-hybridized carbons (Fsp3) is 0.650. The highest BCUT2D eigenvalue weighted by molar-refractivity contribution is 14.0. The van der Waals surface area contributed by atoms with E-state index >= 15 is 0 Å². The minimum atomic E-state index is -3.24. The van der Waals surface area contributed by atoms with Crippen LogP contribution in [-0.2, 0) is 10.0 Å². The third-order valence-corrected chi connectivity index (χ3v) is 6.94. The molecule has 1 aromatic carbocycles. The van der Waals surface area contributed by atoms with E-state index in [2.05, 4.69) is 49.5 Å². The zero-order valence-corrected chi connectivity index (χ0v) is 20.3. The molecule has 0 radical (unpaired) electrons. The lowest BCUT2D eigenvalue weighted by Gasteiger charge is -2.35. The molecular formula is C20H34IN5O2S. The van der Waals surface area contributed by atoms with Crippen molar-refractivity contribution in [3.63, 3.8) is 0 Å². The zero-order chi connectivity index (χ0) is 19.8. The summed E-state index contributed by atoms with van der Waals surface area (Å²) in [6.07, 6.45) is 5.69. The molecule has 1 aliphatic carbocycles. The number of rotatable bonds is 8. The molecule has 1 saturated heterocycles. The van der Waals surface area contributed by atoms with E-state index < -0.39 is 10.0 Å². The monoisotopic (exact) mass is 535 g/mol. The molecule has 0 aromatic heterocycles. The van der Waals surface area contributed by atoms with E-state index in [0.717, 1.165) is 38.8 Å². The summed E-state index contributed by atoms with van der Waals surface area (Å²) in [7, 11) is -1.52. The molecule has 7 nitrogen and oxygen atoms in total. The summed E-state index contributed by atoms with van der Waals surface area (Å²) < 4.78 is 27.0. The van der Waals surface area contributed by atoms with Gasteiger partial charge in [-0.05, 0) is 43.7 Å². The van der Waals surface area contributed by atoms with Crippen molar-refractivity contribution in [3.05, 3.63) is 30.3 Å². The molecule has 3 rings (SSSR count). The summed E-state index contributed by atoms with van der Waals surface area (Å²) in [6, 6.07) is 10.7. The quantitative estimate of drug-likeness (QED) is 0.270. The van der Waals surface area contributed by atoms with Crippen LogP contribution < -0.4 is 20.3 Å². The first-order chi connectivity index (χ1) is 13.6. The highest BCUT2D eigenvalue weighted by Gasteiger charge is 2.22. The third kappa shape index (κ3) is 7.93. The zero-order valence-electron chi connectivity index (χ0n) is 17.1. The highest BCUT2D eigenvalue weighted by atomic mass is 127. The molecule has 1 atom stereocenters. The second-order valence-corrected chi connectivity index (χ2v) is 9.65. The van der Waals surface area contributed by atoms with Crippen molar-refractivity contribution in [2.24, 2.45) is 10.9 Å². The molecule has 1 unspecified atom stereocenters. The van der Waals surface area contributed by atoms with Crippen molar-refractivity contribution in [3.8, 4) is 0 Å². The van der Waals surface area contributed by atoms with E-state index in [-0.39, 0.29) is 35.8 Å². The van der Waals surface area contributed by atoms with Crippen molar-refractivity contribution in [2.75, 3.05) is 43.9 Å². The summed E-state index contributed by atoms with van der Waals surface area (Å²) in [5, 5.41) is 6.59. The Bertz CT molecular complexity index is 740. The fourth-order valence-electron chi connectivity index (χ4n) is 3.67. The predicted molar refractivity (Wildman–Crippen MR) is 131 cm³/mol. The number of halogens is 1. The van der Waals surface area contributed by atoms with E-state index in [0.29, 0.717) is 25.0 Å². The summed E-state index contributed by atoms with van der Waals surface area (Å²) in [6.45, 7) is 2.88. The molecule has 164 valence electrons. The van der Waals surface area contributed by atoms with Crippen LogP contribution in [0.25, 0.3) is 0 Å². The maximum absolute atomic E-state index is 12.1. The van der Waals surface area contributed by atoms with Gasteiger partial charge >= 0.3 is 0 Å². The number of aliphatic imine (C=N–C) groups is 1. The van der Waals surface area contributed by atoms with Gasteiger partial charge in [0, 0.05) is 45.0 Å². The van der Waals surface area contributed by atoms with Gasteiger partial charge in [0.1, 0.15) is 0 Å². The lowest BCUT2D eigenvalue weighted by molar-refractivity contribution is 0.316. The van der Waals surface area contributed by atoms with Crippen molar-refractivity contribution in [1.82, 2.24) is 15.4 Å². The predicted octanol–water partition coefficient (Wildman–Crippen LogP) is 2.16. The molecule has 9 heteroatoms. The van der Waals surface area contributed by atoms with Gasteiger partial charge in [0.05, 0.1) is 5.75 Å². The summed E-state index contributed by atoms with van der Waals surface area (Å²) in [4.78, 5) is 6.64. The molecule has 1 aliphatic heterocycles. The first-order valence-corrected chi connectivity index (χ1v) is 12.0. The molecule has 2 aliphatic rings.